The molecule has 0 unspecified atom stereocenters. The van der Waals surface area contributed by atoms with Crippen LogP contribution in [0.2, 0.25) is 13.7 Å². The summed E-state index contributed by atoms with van der Waals surface area (Å²) in [7, 11) is 0. The highest BCUT2D eigenvalue weighted by Gasteiger charge is 2.12. The van der Waals surface area contributed by atoms with Crippen molar-refractivity contribution in [2.45, 2.75) is 4.90 Å². The van der Waals surface area contributed by atoms with E-state index in [1.807, 2.05) is 6.26 Å². The van der Waals surface area contributed by atoms with Gasteiger partial charge >= 0.3 is 0 Å². The summed E-state index contributed by atoms with van der Waals surface area (Å²) in [5.74, 6) is 0. The summed E-state index contributed by atoms with van der Waals surface area (Å²) < 4.78 is 1.23. The van der Waals surface area contributed by atoms with E-state index in [1.54, 1.807) is 0 Å². The molecule has 0 aliphatic heterocycles. The van der Waals surface area contributed by atoms with Crippen LogP contribution in [0.4, 0.5) is 0 Å². The molecule has 56 valence electrons. The second kappa shape index (κ2) is 3.55. The second-order valence-corrected chi connectivity index (χ2v) is 4.92. The van der Waals surface area contributed by atoms with Crippen molar-refractivity contribution in [1.82, 2.24) is 0 Å². The van der Waals surface area contributed by atoms with Gasteiger partial charge in [-0.25, -0.2) is 0 Å². The van der Waals surface area contributed by atoms with Crippen molar-refractivity contribution in [3.63, 3.8) is 0 Å². The van der Waals surface area contributed by atoms with Gasteiger partial charge in [0.25, 0.3) is 0 Å². The first-order chi connectivity index (χ1) is 4.66. The molecule has 0 bridgehead atoms. The van der Waals surface area contributed by atoms with Gasteiger partial charge in [0.05, 0.1) is 9.92 Å². The molecule has 0 nitrogen and oxygen atoms in total. The largest absolute Gasteiger partial charge is 0.126 e. The van der Waals surface area contributed by atoms with E-state index in [9.17, 15) is 0 Å². The van der Waals surface area contributed by atoms with Crippen LogP contribution in [0.5, 0.6) is 0 Å². The van der Waals surface area contributed by atoms with Gasteiger partial charge in [0, 0.05) is 0 Å². The Labute approximate surface area is 82.5 Å². The van der Waals surface area contributed by atoms with Gasteiger partial charge in [-0.15, -0.1) is 23.1 Å². The van der Waals surface area contributed by atoms with Crippen molar-refractivity contribution in [2.24, 2.45) is 0 Å². The van der Waals surface area contributed by atoms with Gasteiger partial charge in [-0.1, -0.05) is 34.8 Å². The molecule has 0 saturated heterocycles. The van der Waals surface area contributed by atoms with Gasteiger partial charge < -0.3 is 0 Å². The summed E-state index contributed by atoms with van der Waals surface area (Å²) in [6, 6.07) is 0. The topological polar surface area (TPSA) is 0 Å². The number of thiophene rings is 1. The fourth-order valence-corrected chi connectivity index (χ4v) is 3.54. The molecule has 0 saturated carbocycles. The third-order valence-corrected chi connectivity index (χ3v) is 4.30. The molecular weight excluding hydrogens is 231 g/mol. The van der Waals surface area contributed by atoms with E-state index >= 15 is 0 Å². The van der Waals surface area contributed by atoms with Crippen molar-refractivity contribution in [1.29, 1.82) is 0 Å². The lowest BCUT2D eigenvalue weighted by atomic mass is 10.6. The number of hydrogen-bond donors (Lipinski definition) is 0. The van der Waals surface area contributed by atoms with Crippen molar-refractivity contribution >= 4 is 57.9 Å². The van der Waals surface area contributed by atoms with Crippen LogP contribution in [0, 0.1) is 0 Å². The summed E-state index contributed by atoms with van der Waals surface area (Å²) in [5.41, 5.74) is 0. The molecule has 0 radical (unpaired) electrons. The van der Waals surface area contributed by atoms with Crippen LogP contribution < -0.4 is 0 Å². The van der Waals surface area contributed by atoms with Gasteiger partial charge in [0.15, 0.2) is 0 Å². The lowest BCUT2D eigenvalue weighted by molar-refractivity contribution is 1.60. The summed E-state index contributed by atoms with van der Waals surface area (Å²) >= 11 is 20.1. The number of halogens is 3. The molecule has 5 heteroatoms. The molecule has 10 heavy (non-hydrogen) atoms. The Bertz CT molecular complexity index is 243. The average molecular weight is 234 g/mol. The van der Waals surface area contributed by atoms with E-state index < -0.39 is 0 Å². The maximum atomic E-state index is 5.79. The zero-order chi connectivity index (χ0) is 7.72. The Hall–Kier alpha value is 0.920. The van der Waals surface area contributed by atoms with E-state index in [1.165, 1.54) is 23.1 Å². The van der Waals surface area contributed by atoms with Gasteiger partial charge in [0.1, 0.15) is 8.67 Å². The smallest absolute Gasteiger partial charge is 0.114 e. The number of rotatable bonds is 1. The predicted octanol–water partition coefficient (Wildman–Crippen LogP) is 4.43. The first-order valence-electron chi connectivity index (χ1n) is 2.34. The molecular formula is C5H3Cl3S2. The predicted molar refractivity (Wildman–Crippen MR) is 51.1 cm³/mol. The minimum Gasteiger partial charge on any atom is -0.126 e. The number of hydrogen-bond acceptors (Lipinski definition) is 2. The van der Waals surface area contributed by atoms with Gasteiger partial charge in [0.2, 0.25) is 0 Å². The molecule has 0 atom stereocenters. The zero-order valence-corrected chi connectivity index (χ0v) is 8.85. The van der Waals surface area contributed by atoms with Crippen LogP contribution in [-0.2, 0) is 0 Å². The SMILES string of the molecule is CSc1c(Cl)sc(Cl)c1Cl. The quantitative estimate of drug-likeness (QED) is 0.647. The highest BCUT2D eigenvalue weighted by Crippen LogP contribution is 2.44. The van der Waals surface area contributed by atoms with Crippen LogP contribution in [0.25, 0.3) is 0 Å². The Morgan fingerprint density at radius 3 is 2.00 bits per heavy atom. The average Bonchev–Trinajstić information content (AvgIpc) is 2.09. The van der Waals surface area contributed by atoms with E-state index in [0.29, 0.717) is 13.7 Å². The maximum absolute atomic E-state index is 5.79. The first kappa shape index (κ1) is 9.01. The Balaban J connectivity index is 3.20. The monoisotopic (exact) mass is 232 g/mol. The van der Waals surface area contributed by atoms with Gasteiger partial charge in [-0.05, 0) is 6.26 Å². The van der Waals surface area contributed by atoms with Crippen molar-refractivity contribution < 1.29 is 0 Å². The molecule has 0 spiro atoms. The Morgan fingerprint density at radius 2 is 1.80 bits per heavy atom. The first-order valence-corrected chi connectivity index (χ1v) is 5.51. The fourth-order valence-electron chi connectivity index (χ4n) is 0.515. The second-order valence-electron chi connectivity index (χ2n) is 1.50. The molecule has 0 amide bonds. The molecule has 0 aliphatic carbocycles. The fraction of sp³-hybridized carbons (Fsp3) is 0.200. The van der Waals surface area contributed by atoms with Crippen LogP contribution in [0.3, 0.4) is 0 Å². The van der Waals surface area contributed by atoms with E-state index in [4.69, 9.17) is 34.8 Å². The minimum absolute atomic E-state index is 0.566. The lowest BCUT2D eigenvalue weighted by Gasteiger charge is -1.90. The molecule has 1 heterocycles. The highest BCUT2D eigenvalue weighted by molar-refractivity contribution is 7.99. The molecule has 0 N–H and O–H groups in total. The van der Waals surface area contributed by atoms with Crippen molar-refractivity contribution in [3.8, 4) is 0 Å². The zero-order valence-electron chi connectivity index (χ0n) is 4.95. The molecule has 1 aromatic rings. The number of thioether (sulfide) groups is 1. The van der Waals surface area contributed by atoms with E-state index in [0.717, 1.165) is 4.90 Å². The minimum atomic E-state index is 0.566. The maximum Gasteiger partial charge on any atom is 0.114 e. The van der Waals surface area contributed by atoms with Crippen LogP contribution in [0.1, 0.15) is 0 Å². The highest BCUT2D eigenvalue weighted by atomic mass is 35.5. The Kier molecular flexibility index (Phi) is 3.20. The summed E-state index contributed by atoms with van der Waals surface area (Å²) in [6.07, 6.45) is 1.91. The lowest BCUT2D eigenvalue weighted by Crippen LogP contribution is -1.62. The third-order valence-electron chi connectivity index (χ3n) is 0.934. The van der Waals surface area contributed by atoms with Gasteiger partial charge in [-0.2, -0.15) is 0 Å². The summed E-state index contributed by atoms with van der Waals surface area (Å²) in [6.45, 7) is 0. The summed E-state index contributed by atoms with van der Waals surface area (Å²) in [4.78, 5) is 0.873. The molecule has 0 aromatic carbocycles. The summed E-state index contributed by atoms with van der Waals surface area (Å²) in [5, 5.41) is 0.573. The van der Waals surface area contributed by atoms with Crippen LogP contribution in [-0.4, -0.2) is 6.26 Å². The molecule has 0 fully saturated rings. The molecule has 1 aromatic heterocycles. The molecule has 1 rings (SSSR count). The standard InChI is InChI=1S/C5H3Cl3S2/c1-9-3-2(6)4(7)10-5(3)8/h1H3. The van der Waals surface area contributed by atoms with Crippen LogP contribution >= 0.6 is 57.9 Å². The third kappa shape index (κ3) is 1.56. The van der Waals surface area contributed by atoms with Crippen molar-refractivity contribution in [2.75, 3.05) is 6.26 Å². The van der Waals surface area contributed by atoms with E-state index in [-0.39, 0.29) is 0 Å². The van der Waals surface area contributed by atoms with E-state index in [2.05, 4.69) is 0 Å². The Morgan fingerprint density at radius 1 is 1.20 bits per heavy atom. The van der Waals surface area contributed by atoms with Crippen molar-refractivity contribution in [3.05, 3.63) is 13.7 Å². The van der Waals surface area contributed by atoms with Crippen LogP contribution in [0.15, 0.2) is 4.90 Å². The molecule has 0 aliphatic rings. The van der Waals surface area contributed by atoms with Gasteiger partial charge in [-0.3, -0.25) is 0 Å². The normalized spacial score (nSPS) is 10.4.